The van der Waals surface area contributed by atoms with E-state index >= 15 is 0 Å². The van der Waals surface area contributed by atoms with Gasteiger partial charge in [0.2, 0.25) is 0 Å². The Labute approximate surface area is 175 Å². The van der Waals surface area contributed by atoms with Gasteiger partial charge in [0.05, 0.1) is 19.3 Å². The Morgan fingerprint density at radius 2 is 2.00 bits per heavy atom. The number of hydrogen-bond donors (Lipinski definition) is 2. The van der Waals surface area contributed by atoms with Crippen LogP contribution in [0.5, 0.6) is 5.75 Å². The third-order valence-electron chi connectivity index (χ3n) is 3.96. The SMILES string of the molecule is CCNC(=NCc1ccccc1OCC1CC1)NCCCOC(C)C.I. The predicted octanol–water partition coefficient (Wildman–Crippen LogP) is 3.96. The van der Waals surface area contributed by atoms with Gasteiger partial charge in [0.15, 0.2) is 5.96 Å². The summed E-state index contributed by atoms with van der Waals surface area (Å²) in [5, 5.41) is 6.65. The third kappa shape index (κ3) is 9.62. The molecule has 1 aliphatic rings. The molecule has 1 saturated carbocycles. The quantitative estimate of drug-likeness (QED) is 0.220. The molecule has 1 aliphatic carbocycles. The molecule has 1 aromatic rings. The Kier molecular flexibility index (Phi) is 11.7. The van der Waals surface area contributed by atoms with Crippen LogP contribution in [0.15, 0.2) is 29.3 Å². The summed E-state index contributed by atoms with van der Waals surface area (Å²) in [7, 11) is 0. The first kappa shape index (κ1) is 23.0. The van der Waals surface area contributed by atoms with E-state index < -0.39 is 0 Å². The zero-order chi connectivity index (χ0) is 17.9. The lowest BCUT2D eigenvalue weighted by Gasteiger charge is -2.13. The summed E-state index contributed by atoms with van der Waals surface area (Å²) in [6, 6.07) is 8.19. The van der Waals surface area contributed by atoms with Gasteiger partial charge in [-0.1, -0.05) is 18.2 Å². The van der Waals surface area contributed by atoms with Gasteiger partial charge in [0.25, 0.3) is 0 Å². The maximum atomic E-state index is 5.96. The Bertz CT molecular complexity index is 534. The third-order valence-corrected chi connectivity index (χ3v) is 3.96. The van der Waals surface area contributed by atoms with Crippen molar-refractivity contribution < 1.29 is 9.47 Å². The van der Waals surface area contributed by atoms with E-state index in [1.54, 1.807) is 0 Å². The van der Waals surface area contributed by atoms with Crippen LogP contribution < -0.4 is 15.4 Å². The molecular weight excluding hydrogens is 441 g/mol. The maximum Gasteiger partial charge on any atom is 0.191 e. The molecule has 0 atom stereocenters. The average molecular weight is 475 g/mol. The second-order valence-electron chi connectivity index (χ2n) is 6.76. The molecule has 2 N–H and O–H groups in total. The zero-order valence-corrected chi connectivity index (χ0v) is 18.6. The van der Waals surface area contributed by atoms with Crippen LogP contribution in [0.1, 0.15) is 45.6 Å². The maximum absolute atomic E-state index is 5.96. The Morgan fingerprint density at radius 1 is 1.23 bits per heavy atom. The van der Waals surface area contributed by atoms with Crippen LogP contribution in [0, 0.1) is 5.92 Å². The topological polar surface area (TPSA) is 54.9 Å². The van der Waals surface area contributed by atoms with E-state index in [1.807, 2.05) is 18.2 Å². The van der Waals surface area contributed by atoms with Gasteiger partial charge in [0, 0.05) is 25.3 Å². The summed E-state index contributed by atoms with van der Waals surface area (Å²) in [5.74, 6) is 2.55. The first-order valence-corrected chi connectivity index (χ1v) is 9.53. The monoisotopic (exact) mass is 475 g/mol. The smallest absolute Gasteiger partial charge is 0.191 e. The summed E-state index contributed by atoms with van der Waals surface area (Å²) in [6.07, 6.45) is 3.85. The second-order valence-corrected chi connectivity index (χ2v) is 6.76. The molecule has 1 aromatic carbocycles. The number of rotatable bonds is 11. The number of guanidine groups is 1. The Hall–Kier alpha value is -1.02. The van der Waals surface area contributed by atoms with Crippen molar-refractivity contribution in [1.82, 2.24) is 10.6 Å². The summed E-state index contributed by atoms with van der Waals surface area (Å²) < 4.78 is 11.5. The molecule has 0 spiro atoms. The van der Waals surface area contributed by atoms with E-state index in [-0.39, 0.29) is 30.1 Å². The Balaban J connectivity index is 0.00000338. The van der Waals surface area contributed by atoms with Gasteiger partial charge in [-0.15, -0.1) is 24.0 Å². The molecule has 2 rings (SSSR count). The molecule has 1 fully saturated rings. The van der Waals surface area contributed by atoms with Crippen LogP contribution in [0.3, 0.4) is 0 Å². The van der Waals surface area contributed by atoms with Crippen LogP contribution in [0.2, 0.25) is 0 Å². The highest BCUT2D eigenvalue weighted by molar-refractivity contribution is 14.0. The highest BCUT2D eigenvalue weighted by atomic mass is 127. The van der Waals surface area contributed by atoms with E-state index in [2.05, 4.69) is 37.5 Å². The van der Waals surface area contributed by atoms with Crippen LogP contribution in [-0.2, 0) is 11.3 Å². The molecule has 26 heavy (non-hydrogen) atoms. The second kappa shape index (κ2) is 13.2. The molecule has 0 aromatic heterocycles. The lowest BCUT2D eigenvalue weighted by molar-refractivity contribution is 0.0776. The highest BCUT2D eigenvalue weighted by Crippen LogP contribution is 2.30. The van der Waals surface area contributed by atoms with Gasteiger partial charge < -0.3 is 20.1 Å². The molecule has 5 nitrogen and oxygen atoms in total. The van der Waals surface area contributed by atoms with E-state index in [1.165, 1.54) is 12.8 Å². The standard InChI is InChI=1S/C20H33N3O2.HI/c1-4-21-20(22-12-7-13-24-16(2)3)23-14-18-8-5-6-9-19(18)25-15-17-10-11-17;/h5-6,8-9,16-17H,4,7,10-15H2,1-3H3,(H2,21,22,23);1H. The number of nitrogens with one attached hydrogen (secondary N) is 2. The van der Waals surface area contributed by atoms with Crippen LogP contribution in [0.25, 0.3) is 0 Å². The fourth-order valence-electron chi connectivity index (χ4n) is 2.37. The van der Waals surface area contributed by atoms with Crippen molar-refractivity contribution in [3.8, 4) is 5.75 Å². The number of halogens is 1. The van der Waals surface area contributed by atoms with Crippen LogP contribution >= 0.6 is 24.0 Å². The minimum Gasteiger partial charge on any atom is -0.493 e. The zero-order valence-electron chi connectivity index (χ0n) is 16.3. The first-order valence-electron chi connectivity index (χ1n) is 9.53. The number of benzene rings is 1. The van der Waals surface area contributed by atoms with Crippen LogP contribution in [-0.4, -0.2) is 38.4 Å². The van der Waals surface area contributed by atoms with Crippen molar-refractivity contribution in [3.05, 3.63) is 29.8 Å². The number of hydrogen-bond acceptors (Lipinski definition) is 3. The van der Waals surface area contributed by atoms with Crippen molar-refractivity contribution in [2.24, 2.45) is 10.9 Å². The molecule has 148 valence electrons. The van der Waals surface area contributed by atoms with E-state index in [9.17, 15) is 0 Å². The molecule has 0 unspecified atom stereocenters. The van der Waals surface area contributed by atoms with Crippen molar-refractivity contribution in [2.45, 2.75) is 52.7 Å². The molecular formula is C20H34IN3O2. The summed E-state index contributed by atoms with van der Waals surface area (Å²) >= 11 is 0. The number of para-hydroxylation sites is 1. The number of aliphatic imine (C=N–C) groups is 1. The van der Waals surface area contributed by atoms with Crippen molar-refractivity contribution >= 4 is 29.9 Å². The molecule has 0 aliphatic heterocycles. The Morgan fingerprint density at radius 3 is 2.69 bits per heavy atom. The number of ether oxygens (including phenoxy) is 2. The molecule has 0 bridgehead atoms. The largest absolute Gasteiger partial charge is 0.493 e. The predicted molar refractivity (Wildman–Crippen MR) is 119 cm³/mol. The fourth-order valence-corrected chi connectivity index (χ4v) is 2.37. The van der Waals surface area contributed by atoms with Crippen molar-refractivity contribution in [2.75, 3.05) is 26.3 Å². The lowest BCUT2D eigenvalue weighted by atomic mass is 10.2. The van der Waals surface area contributed by atoms with E-state index in [0.29, 0.717) is 6.54 Å². The van der Waals surface area contributed by atoms with Gasteiger partial charge in [-0.25, -0.2) is 4.99 Å². The normalized spacial score (nSPS) is 14.1. The summed E-state index contributed by atoms with van der Waals surface area (Å²) in [5.41, 5.74) is 1.13. The van der Waals surface area contributed by atoms with Gasteiger partial charge in [-0.2, -0.15) is 0 Å². The highest BCUT2D eigenvalue weighted by Gasteiger charge is 2.22. The number of nitrogens with zero attached hydrogens (tertiary/aromatic N) is 1. The first-order chi connectivity index (χ1) is 12.2. The fraction of sp³-hybridized carbons (Fsp3) is 0.650. The lowest BCUT2D eigenvalue weighted by Crippen LogP contribution is -2.38. The molecule has 0 heterocycles. The van der Waals surface area contributed by atoms with Gasteiger partial charge in [-0.05, 0) is 52.0 Å². The average Bonchev–Trinajstić information content (AvgIpc) is 3.42. The van der Waals surface area contributed by atoms with E-state index in [0.717, 1.165) is 55.9 Å². The minimum absolute atomic E-state index is 0. The van der Waals surface area contributed by atoms with Crippen LogP contribution in [0.4, 0.5) is 0 Å². The summed E-state index contributed by atoms with van der Waals surface area (Å²) in [6.45, 7) is 10.1. The van der Waals surface area contributed by atoms with Gasteiger partial charge >= 0.3 is 0 Å². The van der Waals surface area contributed by atoms with Crippen molar-refractivity contribution in [1.29, 1.82) is 0 Å². The van der Waals surface area contributed by atoms with E-state index in [4.69, 9.17) is 14.5 Å². The minimum atomic E-state index is 0. The van der Waals surface area contributed by atoms with Gasteiger partial charge in [-0.3, -0.25) is 0 Å². The molecule has 6 heteroatoms. The summed E-state index contributed by atoms with van der Waals surface area (Å²) in [4.78, 5) is 4.69. The molecule has 0 saturated heterocycles. The molecule has 0 amide bonds. The molecule has 0 radical (unpaired) electrons. The van der Waals surface area contributed by atoms with Crippen molar-refractivity contribution in [3.63, 3.8) is 0 Å². The van der Waals surface area contributed by atoms with Gasteiger partial charge in [0.1, 0.15) is 5.75 Å².